The molecule has 1 aromatic carbocycles. The van der Waals surface area contributed by atoms with Crippen LogP contribution in [0.3, 0.4) is 0 Å². The summed E-state index contributed by atoms with van der Waals surface area (Å²) in [6, 6.07) is -1.67. The summed E-state index contributed by atoms with van der Waals surface area (Å²) in [5.41, 5.74) is 8.52. The predicted molar refractivity (Wildman–Crippen MR) is 63.9 cm³/mol. The summed E-state index contributed by atoms with van der Waals surface area (Å²) in [6.45, 7) is 0. The molecule has 0 saturated heterocycles. The van der Waals surface area contributed by atoms with E-state index in [0.29, 0.717) is 0 Å². The smallest absolute Gasteiger partial charge is 0.333 e. The van der Waals surface area contributed by atoms with Crippen molar-refractivity contribution in [3.63, 3.8) is 0 Å². The van der Waals surface area contributed by atoms with E-state index in [-0.39, 0.29) is 10.0 Å². The number of carbonyl (C=O) groups is 2. The van der Waals surface area contributed by atoms with Crippen LogP contribution in [0.25, 0.3) is 0 Å². The summed E-state index contributed by atoms with van der Waals surface area (Å²) in [6.07, 6.45) is 0. The van der Waals surface area contributed by atoms with E-state index in [2.05, 4.69) is 0 Å². The average molecular weight is 272 g/mol. The lowest BCUT2D eigenvalue weighted by atomic mass is 10.2. The van der Waals surface area contributed by atoms with Crippen LogP contribution in [-0.2, 0) is 0 Å². The minimum Gasteiger partial charge on any atom is -0.504 e. The zero-order valence-electron chi connectivity index (χ0n) is 9.44. The summed E-state index contributed by atoms with van der Waals surface area (Å²) >= 11 is 0. The molecule has 4 amide bonds. The molecule has 0 bridgehead atoms. The molecular weight excluding hydrogens is 260 g/mol. The fourth-order valence-electron chi connectivity index (χ4n) is 1.26. The third-order valence-corrected chi connectivity index (χ3v) is 2.18. The van der Waals surface area contributed by atoms with Gasteiger partial charge in [-0.05, 0) is 0 Å². The number of nitrogens with two attached hydrogens (primary N) is 4. The summed E-state index contributed by atoms with van der Waals surface area (Å²) in [4.78, 5) is 21.8. The Labute approximate surface area is 106 Å². The summed E-state index contributed by atoms with van der Waals surface area (Å²) in [5, 5.41) is 29.2. The van der Waals surface area contributed by atoms with E-state index < -0.39 is 40.7 Å². The van der Waals surface area contributed by atoms with Crippen LogP contribution in [0.5, 0.6) is 17.2 Å². The zero-order valence-corrected chi connectivity index (χ0v) is 9.44. The zero-order chi connectivity index (χ0) is 14.9. The molecule has 104 valence electrons. The minimum absolute atomic E-state index is 0.155. The van der Waals surface area contributed by atoms with Crippen LogP contribution in [0.15, 0.2) is 6.07 Å². The normalized spacial score (nSPS) is 10.0. The van der Waals surface area contributed by atoms with Crippen molar-refractivity contribution >= 4 is 23.4 Å². The molecule has 0 saturated carbocycles. The fraction of sp³-hybridized carbons (Fsp3) is 0. The van der Waals surface area contributed by atoms with Gasteiger partial charge in [0.2, 0.25) is 0 Å². The molecule has 11 N–H and O–H groups in total. The standard InChI is InChI=1S/C8H12N6O5/c9-7(18)13(11)2-1-3(15)6(17)4(5(2)16)14(12)8(10)19/h1,15-17H,11-12H2,(H2,9,18)(H2,10,19). The highest BCUT2D eigenvalue weighted by atomic mass is 16.3. The van der Waals surface area contributed by atoms with Crippen molar-refractivity contribution in [2.45, 2.75) is 0 Å². The number of carbonyl (C=O) groups excluding carboxylic acids is 2. The molecule has 0 aliphatic rings. The molecule has 1 aromatic rings. The number of phenolic OH excluding ortho intramolecular Hbond substituents is 3. The van der Waals surface area contributed by atoms with E-state index >= 15 is 0 Å². The van der Waals surface area contributed by atoms with Gasteiger partial charge < -0.3 is 26.8 Å². The average Bonchev–Trinajstić information content (AvgIpc) is 2.32. The van der Waals surface area contributed by atoms with Gasteiger partial charge in [0.05, 0.1) is 0 Å². The monoisotopic (exact) mass is 272 g/mol. The van der Waals surface area contributed by atoms with Crippen LogP contribution in [0.2, 0.25) is 0 Å². The SMILES string of the molecule is NC(=O)N(N)c1cc(O)c(O)c(N(N)C(N)=O)c1O. The van der Waals surface area contributed by atoms with Gasteiger partial charge in [0.1, 0.15) is 5.69 Å². The predicted octanol–water partition coefficient (Wildman–Crippen LogP) is -1.68. The molecule has 0 atom stereocenters. The molecule has 11 heteroatoms. The number of phenols is 3. The van der Waals surface area contributed by atoms with Gasteiger partial charge in [-0.1, -0.05) is 0 Å². The van der Waals surface area contributed by atoms with Gasteiger partial charge in [-0.2, -0.15) is 0 Å². The van der Waals surface area contributed by atoms with E-state index in [1.54, 1.807) is 0 Å². The highest BCUT2D eigenvalue weighted by Gasteiger charge is 2.26. The van der Waals surface area contributed by atoms with Gasteiger partial charge in [0, 0.05) is 6.07 Å². The van der Waals surface area contributed by atoms with Crippen LogP contribution >= 0.6 is 0 Å². The Morgan fingerprint density at radius 3 is 1.84 bits per heavy atom. The molecule has 0 aromatic heterocycles. The van der Waals surface area contributed by atoms with Crippen LogP contribution in [0, 0.1) is 0 Å². The van der Waals surface area contributed by atoms with Crippen LogP contribution in [0.1, 0.15) is 0 Å². The number of hydrogen-bond donors (Lipinski definition) is 7. The first-order valence-corrected chi connectivity index (χ1v) is 4.64. The molecule has 0 unspecified atom stereocenters. The van der Waals surface area contributed by atoms with Crippen molar-refractivity contribution in [2.24, 2.45) is 23.2 Å². The number of urea groups is 2. The van der Waals surface area contributed by atoms with E-state index in [9.17, 15) is 24.9 Å². The largest absolute Gasteiger partial charge is 0.504 e. The minimum atomic E-state index is -1.25. The Morgan fingerprint density at radius 2 is 1.42 bits per heavy atom. The Hall–Kier alpha value is -2.92. The summed E-state index contributed by atoms with van der Waals surface area (Å²) < 4.78 is 0. The summed E-state index contributed by atoms with van der Waals surface area (Å²) in [5.74, 6) is 7.82. The van der Waals surface area contributed by atoms with Crippen LogP contribution < -0.4 is 33.2 Å². The second kappa shape index (κ2) is 4.75. The lowest BCUT2D eigenvalue weighted by molar-refractivity contribution is 0.253. The quantitative estimate of drug-likeness (QED) is 0.109. The number of primary amides is 2. The lowest BCUT2D eigenvalue weighted by Crippen LogP contribution is -2.43. The fourth-order valence-corrected chi connectivity index (χ4v) is 1.26. The topological polar surface area (TPSA) is 205 Å². The highest BCUT2D eigenvalue weighted by molar-refractivity contribution is 5.99. The first-order chi connectivity index (χ1) is 8.68. The van der Waals surface area contributed by atoms with Crippen molar-refractivity contribution in [3.8, 4) is 17.2 Å². The second-order valence-corrected chi connectivity index (χ2v) is 3.38. The Morgan fingerprint density at radius 1 is 0.947 bits per heavy atom. The highest BCUT2D eigenvalue weighted by Crippen LogP contribution is 2.47. The second-order valence-electron chi connectivity index (χ2n) is 3.38. The number of hydrazine groups is 2. The number of benzene rings is 1. The van der Waals surface area contributed by atoms with Crippen molar-refractivity contribution in [1.29, 1.82) is 0 Å². The van der Waals surface area contributed by atoms with Crippen molar-refractivity contribution < 1.29 is 24.9 Å². The first-order valence-electron chi connectivity index (χ1n) is 4.64. The van der Waals surface area contributed by atoms with Gasteiger partial charge in [0.15, 0.2) is 22.9 Å². The van der Waals surface area contributed by atoms with Crippen molar-refractivity contribution in [3.05, 3.63) is 6.07 Å². The summed E-state index contributed by atoms with van der Waals surface area (Å²) in [7, 11) is 0. The number of anilines is 2. The molecule has 1 rings (SSSR count). The first kappa shape index (κ1) is 14.1. The maximum Gasteiger partial charge on any atom is 0.333 e. The van der Waals surface area contributed by atoms with Crippen LogP contribution in [0.4, 0.5) is 21.0 Å². The van der Waals surface area contributed by atoms with Gasteiger partial charge in [0.25, 0.3) is 0 Å². The molecule has 0 radical (unpaired) electrons. The third kappa shape index (κ3) is 2.36. The molecule has 0 aliphatic heterocycles. The van der Waals surface area contributed by atoms with Crippen molar-refractivity contribution in [2.75, 3.05) is 10.0 Å². The number of aromatic hydroxyl groups is 3. The number of rotatable bonds is 2. The molecular formula is C8H12N6O5. The van der Waals surface area contributed by atoms with E-state index in [1.807, 2.05) is 0 Å². The van der Waals surface area contributed by atoms with E-state index in [1.165, 1.54) is 0 Å². The number of nitrogens with zero attached hydrogens (tertiary/aromatic N) is 2. The van der Waals surface area contributed by atoms with E-state index in [4.69, 9.17) is 23.2 Å². The van der Waals surface area contributed by atoms with Gasteiger partial charge in [-0.15, -0.1) is 0 Å². The maximum atomic E-state index is 10.9. The lowest BCUT2D eigenvalue weighted by Gasteiger charge is -2.22. The third-order valence-electron chi connectivity index (χ3n) is 2.18. The molecule has 0 heterocycles. The molecule has 0 fully saturated rings. The molecule has 0 spiro atoms. The van der Waals surface area contributed by atoms with E-state index in [0.717, 1.165) is 6.07 Å². The number of hydrogen-bond acceptors (Lipinski definition) is 7. The Kier molecular flexibility index (Phi) is 3.54. The Balaban J connectivity index is 3.55. The molecule has 19 heavy (non-hydrogen) atoms. The number of amides is 4. The van der Waals surface area contributed by atoms with Gasteiger partial charge in [-0.25, -0.2) is 31.3 Å². The van der Waals surface area contributed by atoms with Gasteiger partial charge in [-0.3, -0.25) is 0 Å². The maximum absolute atomic E-state index is 10.9. The van der Waals surface area contributed by atoms with Crippen LogP contribution in [-0.4, -0.2) is 27.4 Å². The molecule has 11 nitrogen and oxygen atoms in total. The van der Waals surface area contributed by atoms with Crippen molar-refractivity contribution in [1.82, 2.24) is 0 Å². The molecule has 0 aliphatic carbocycles. The Bertz CT molecular complexity index is 547. The van der Waals surface area contributed by atoms with Gasteiger partial charge >= 0.3 is 12.1 Å².